The first-order chi connectivity index (χ1) is 18.6. The van der Waals surface area contributed by atoms with E-state index in [1.54, 1.807) is 26.8 Å². The number of hydrogen-bond acceptors (Lipinski definition) is 5. The molecule has 1 aliphatic heterocycles. The van der Waals surface area contributed by atoms with Crippen molar-refractivity contribution in [2.24, 2.45) is 5.11 Å². The molecule has 0 radical (unpaired) electrons. The Kier molecular flexibility index (Phi) is 8.36. The second-order valence-corrected chi connectivity index (χ2v) is 10.5. The number of likely N-dealkylation sites (tertiary alicyclic amines) is 1. The molecule has 0 aliphatic carbocycles. The molecule has 3 aromatic rings. The molecule has 10 heteroatoms. The van der Waals surface area contributed by atoms with Gasteiger partial charge in [-0.25, -0.2) is 4.79 Å². The zero-order valence-corrected chi connectivity index (χ0v) is 22.2. The summed E-state index contributed by atoms with van der Waals surface area (Å²) in [4.78, 5) is 44.3. The summed E-state index contributed by atoms with van der Waals surface area (Å²) in [5.74, 6) is -0.857. The van der Waals surface area contributed by atoms with Gasteiger partial charge < -0.3 is 20.3 Å². The number of azide groups is 1. The van der Waals surface area contributed by atoms with E-state index >= 15 is 0 Å². The number of benzene rings is 3. The van der Waals surface area contributed by atoms with Gasteiger partial charge in [-0.3, -0.25) is 9.59 Å². The number of nitrogens with zero attached hydrogens (tertiary/aromatic N) is 4. The van der Waals surface area contributed by atoms with Crippen LogP contribution in [0.15, 0.2) is 77.9 Å². The zero-order valence-electron chi connectivity index (χ0n) is 22.2. The van der Waals surface area contributed by atoms with Crippen molar-refractivity contribution in [2.75, 3.05) is 11.9 Å². The van der Waals surface area contributed by atoms with Crippen LogP contribution in [0.4, 0.5) is 10.5 Å². The first-order valence-electron chi connectivity index (χ1n) is 12.8. The number of hydrogen-bond donors (Lipinski definition) is 2. The number of amides is 3. The second-order valence-electron chi connectivity index (χ2n) is 10.5. The molecule has 1 heterocycles. The number of rotatable bonds is 7. The maximum atomic E-state index is 13.9. The zero-order chi connectivity index (χ0) is 28.0. The maximum Gasteiger partial charge on any atom is 0.408 e. The molecule has 4 rings (SSSR count). The molecule has 202 valence electrons. The van der Waals surface area contributed by atoms with Crippen LogP contribution in [0, 0.1) is 0 Å². The number of carbonyl (C=O) groups is 3. The minimum Gasteiger partial charge on any atom is -0.444 e. The smallest absolute Gasteiger partial charge is 0.408 e. The van der Waals surface area contributed by atoms with Crippen LogP contribution in [0.25, 0.3) is 21.2 Å². The minimum atomic E-state index is -0.997. The van der Waals surface area contributed by atoms with E-state index in [2.05, 4.69) is 20.7 Å². The van der Waals surface area contributed by atoms with Gasteiger partial charge in [-0.15, -0.1) is 0 Å². The van der Waals surface area contributed by atoms with Crippen LogP contribution < -0.4 is 10.6 Å². The predicted molar refractivity (Wildman–Crippen MR) is 149 cm³/mol. The molecule has 39 heavy (non-hydrogen) atoms. The Morgan fingerprint density at radius 2 is 1.74 bits per heavy atom. The van der Waals surface area contributed by atoms with Crippen molar-refractivity contribution in [2.45, 2.75) is 57.3 Å². The first kappa shape index (κ1) is 27.5. The van der Waals surface area contributed by atoms with Crippen molar-refractivity contribution in [3.63, 3.8) is 0 Å². The van der Waals surface area contributed by atoms with Crippen LogP contribution in [0.3, 0.4) is 0 Å². The molecular weight excluding hydrogens is 496 g/mol. The highest BCUT2D eigenvalue weighted by Crippen LogP contribution is 2.25. The molecule has 3 atom stereocenters. The van der Waals surface area contributed by atoms with Gasteiger partial charge >= 0.3 is 6.09 Å². The molecule has 0 bridgehead atoms. The van der Waals surface area contributed by atoms with Crippen molar-refractivity contribution in [3.8, 4) is 0 Å². The number of carbonyl (C=O) groups excluding carboxylic acids is 3. The molecule has 0 unspecified atom stereocenters. The van der Waals surface area contributed by atoms with Crippen molar-refractivity contribution in [1.29, 1.82) is 0 Å². The molecule has 2 N–H and O–H groups in total. The van der Waals surface area contributed by atoms with E-state index in [0.717, 1.165) is 16.3 Å². The molecule has 1 aliphatic rings. The summed E-state index contributed by atoms with van der Waals surface area (Å²) in [6.45, 7) is 5.26. The fourth-order valence-corrected chi connectivity index (χ4v) is 4.66. The number of ether oxygens (including phenoxy) is 1. The van der Waals surface area contributed by atoms with Crippen molar-refractivity contribution in [3.05, 3.63) is 88.8 Å². The molecular formula is C29H32N6O4. The predicted octanol–water partition coefficient (Wildman–Crippen LogP) is 5.19. The highest BCUT2D eigenvalue weighted by molar-refractivity contribution is 6.00. The third-order valence-corrected chi connectivity index (χ3v) is 6.37. The SMILES string of the molecule is CC(C)(C)OC(=O)N[C@@H](Cc1ccccc1)C(=O)N1C[C@H](N=[N+]=[N-])C[C@H]1C(=O)Nc1ccc2ccccc2c1. The molecule has 10 nitrogen and oxygen atoms in total. The van der Waals surface area contributed by atoms with Gasteiger partial charge in [-0.2, -0.15) is 0 Å². The Balaban J connectivity index is 1.58. The maximum absolute atomic E-state index is 13.9. The van der Waals surface area contributed by atoms with Crippen LogP contribution in [-0.4, -0.2) is 53.1 Å². The van der Waals surface area contributed by atoms with E-state index in [1.165, 1.54) is 4.90 Å². The van der Waals surface area contributed by atoms with Gasteiger partial charge in [-0.1, -0.05) is 65.8 Å². The third kappa shape index (κ3) is 7.27. The lowest BCUT2D eigenvalue weighted by molar-refractivity contribution is -0.138. The fraction of sp³-hybridized carbons (Fsp3) is 0.345. The quantitative estimate of drug-likeness (QED) is 0.248. The topological polar surface area (TPSA) is 136 Å². The summed E-state index contributed by atoms with van der Waals surface area (Å²) < 4.78 is 5.40. The van der Waals surface area contributed by atoms with E-state index in [9.17, 15) is 14.4 Å². The second kappa shape index (κ2) is 11.9. The Bertz CT molecular complexity index is 1400. The monoisotopic (exact) mass is 528 g/mol. The normalized spacial score (nSPS) is 17.7. The Morgan fingerprint density at radius 1 is 1.05 bits per heavy atom. The standard InChI is InChI=1S/C29H32N6O4/c1-29(2,3)39-28(38)32-24(15-19-9-5-4-6-10-19)27(37)35-18-23(33-34-30)17-25(35)26(36)31-22-14-13-20-11-7-8-12-21(20)16-22/h4-14,16,23-25H,15,17-18H2,1-3H3,(H,31,36)(H,32,38)/t23-,24+,25+/m1/s1. The largest absolute Gasteiger partial charge is 0.444 e. The summed E-state index contributed by atoms with van der Waals surface area (Å²) in [6, 6.07) is 20.2. The summed E-state index contributed by atoms with van der Waals surface area (Å²) >= 11 is 0. The third-order valence-electron chi connectivity index (χ3n) is 6.37. The van der Waals surface area contributed by atoms with E-state index in [-0.39, 0.29) is 19.4 Å². The Morgan fingerprint density at radius 3 is 2.44 bits per heavy atom. The summed E-state index contributed by atoms with van der Waals surface area (Å²) in [5, 5.41) is 11.4. The molecule has 1 saturated heterocycles. The van der Waals surface area contributed by atoms with Crippen molar-refractivity contribution < 1.29 is 19.1 Å². The van der Waals surface area contributed by atoms with Gasteiger partial charge in [0.2, 0.25) is 11.8 Å². The average Bonchev–Trinajstić information content (AvgIpc) is 3.31. The average molecular weight is 529 g/mol. The first-order valence-corrected chi connectivity index (χ1v) is 12.8. The van der Waals surface area contributed by atoms with Crippen LogP contribution >= 0.6 is 0 Å². The van der Waals surface area contributed by atoms with Gasteiger partial charge in [0, 0.05) is 23.6 Å². The number of alkyl carbamates (subject to hydrolysis) is 1. The molecule has 3 aromatic carbocycles. The number of nitrogens with one attached hydrogen (secondary N) is 2. The lowest BCUT2D eigenvalue weighted by Crippen LogP contribution is -2.54. The Labute approximate surface area is 226 Å². The van der Waals surface area contributed by atoms with Crippen LogP contribution in [0.1, 0.15) is 32.8 Å². The van der Waals surface area contributed by atoms with Gasteiger partial charge in [0.15, 0.2) is 0 Å². The summed E-state index contributed by atoms with van der Waals surface area (Å²) in [6.07, 6.45) is -0.375. The number of anilines is 1. The molecule has 3 amide bonds. The van der Waals surface area contributed by atoms with E-state index in [4.69, 9.17) is 10.3 Å². The minimum absolute atomic E-state index is 0.0555. The van der Waals surface area contributed by atoms with Crippen LogP contribution in [-0.2, 0) is 20.7 Å². The molecule has 0 saturated carbocycles. The summed E-state index contributed by atoms with van der Waals surface area (Å²) in [7, 11) is 0. The van der Waals surface area contributed by atoms with Gasteiger partial charge in [0.1, 0.15) is 17.7 Å². The van der Waals surface area contributed by atoms with Crippen molar-refractivity contribution in [1.82, 2.24) is 10.2 Å². The molecule has 1 fully saturated rings. The van der Waals surface area contributed by atoms with Gasteiger partial charge in [0.25, 0.3) is 0 Å². The number of fused-ring (bicyclic) bond motifs is 1. The lowest BCUT2D eigenvalue weighted by Gasteiger charge is -2.29. The molecule has 0 spiro atoms. The van der Waals surface area contributed by atoms with Gasteiger partial charge in [-0.05, 0) is 61.2 Å². The highest BCUT2D eigenvalue weighted by atomic mass is 16.6. The summed E-state index contributed by atoms with van der Waals surface area (Å²) in [5.41, 5.74) is 9.68. The van der Waals surface area contributed by atoms with Crippen molar-refractivity contribution >= 4 is 34.4 Å². The molecule has 0 aromatic heterocycles. The fourth-order valence-electron chi connectivity index (χ4n) is 4.66. The highest BCUT2D eigenvalue weighted by Gasteiger charge is 2.42. The van der Waals surface area contributed by atoms with E-state index in [0.29, 0.717) is 5.69 Å². The Hall–Kier alpha value is -4.56. The lowest BCUT2D eigenvalue weighted by atomic mass is 10.0. The van der Waals surface area contributed by atoms with E-state index in [1.807, 2.05) is 66.7 Å². The van der Waals surface area contributed by atoms with Gasteiger partial charge in [0.05, 0.1) is 6.04 Å². The van der Waals surface area contributed by atoms with E-state index < -0.39 is 41.6 Å². The van der Waals surface area contributed by atoms with Crippen LogP contribution in [0.5, 0.6) is 0 Å². The van der Waals surface area contributed by atoms with Crippen LogP contribution in [0.2, 0.25) is 0 Å².